The van der Waals surface area contributed by atoms with Crippen LogP contribution in [0.5, 0.6) is 0 Å². The summed E-state index contributed by atoms with van der Waals surface area (Å²) in [7, 11) is 1.31. The molecular weight excluding hydrogens is 170 g/mol. The first-order valence-corrected chi connectivity index (χ1v) is 4.34. The van der Waals surface area contributed by atoms with Crippen molar-refractivity contribution < 1.29 is 14.3 Å². The SMILES string of the molecule is COC(=O)C(C#N)C1CCOCC1. The quantitative estimate of drug-likeness (QED) is 0.592. The highest BCUT2D eigenvalue weighted by molar-refractivity contribution is 5.75. The number of rotatable bonds is 2. The average molecular weight is 183 g/mol. The normalized spacial score (nSPS) is 20.3. The number of nitrogens with zero attached hydrogens (tertiary/aromatic N) is 1. The van der Waals surface area contributed by atoms with E-state index in [1.165, 1.54) is 7.11 Å². The lowest BCUT2D eigenvalue weighted by Crippen LogP contribution is -2.28. The maximum absolute atomic E-state index is 11.2. The highest BCUT2D eigenvalue weighted by Gasteiger charge is 2.30. The molecule has 1 aliphatic heterocycles. The fourth-order valence-electron chi connectivity index (χ4n) is 1.53. The van der Waals surface area contributed by atoms with Crippen molar-refractivity contribution in [3.8, 4) is 6.07 Å². The molecule has 0 amide bonds. The predicted octanol–water partition coefficient (Wildman–Crippen LogP) is 0.726. The van der Waals surface area contributed by atoms with Crippen molar-refractivity contribution in [2.75, 3.05) is 20.3 Å². The average Bonchev–Trinajstić information content (AvgIpc) is 2.20. The number of ether oxygens (including phenoxy) is 2. The van der Waals surface area contributed by atoms with Crippen LogP contribution in [0.4, 0.5) is 0 Å². The molecule has 4 heteroatoms. The summed E-state index contributed by atoms with van der Waals surface area (Å²) in [5.41, 5.74) is 0. The summed E-state index contributed by atoms with van der Waals surface area (Å²) >= 11 is 0. The highest BCUT2D eigenvalue weighted by atomic mass is 16.5. The van der Waals surface area contributed by atoms with Gasteiger partial charge in [-0.25, -0.2) is 0 Å². The summed E-state index contributed by atoms with van der Waals surface area (Å²) in [5.74, 6) is -0.936. The van der Waals surface area contributed by atoms with Gasteiger partial charge in [-0.1, -0.05) is 0 Å². The zero-order valence-electron chi connectivity index (χ0n) is 7.66. The fourth-order valence-corrected chi connectivity index (χ4v) is 1.53. The van der Waals surface area contributed by atoms with Gasteiger partial charge in [-0.2, -0.15) is 5.26 Å². The third-order valence-electron chi connectivity index (χ3n) is 2.33. The van der Waals surface area contributed by atoms with E-state index in [1.807, 2.05) is 6.07 Å². The van der Waals surface area contributed by atoms with E-state index in [4.69, 9.17) is 10.00 Å². The molecule has 0 aromatic heterocycles. The molecule has 0 spiro atoms. The lowest BCUT2D eigenvalue weighted by Gasteiger charge is -2.24. The maximum Gasteiger partial charge on any atom is 0.323 e. The van der Waals surface area contributed by atoms with Gasteiger partial charge in [-0.15, -0.1) is 0 Å². The summed E-state index contributed by atoms with van der Waals surface area (Å²) in [6, 6.07) is 1.99. The van der Waals surface area contributed by atoms with Crippen molar-refractivity contribution in [1.29, 1.82) is 5.26 Å². The van der Waals surface area contributed by atoms with E-state index in [-0.39, 0.29) is 5.92 Å². The van der Waals surface area contributed by atoms with E-state index in [1.54, 1.807) is 0 Å². The van der Waals surface area contributed by atoms with Crippen molar-refractivity contribution in [2.24, 2.45) is 11.8 Å². The van der Waals surface area contributed by atoms with Crippen LogP contribution in [0.15, 0.2) is 0 Å². The minimum Gasteiger partial charge on any atom is -0.468 e. The van der Waals surface area contributed by atoms with Crippen LogP contribution in [0.25, 0.3) is 0 Å². The molecule has 72 valence electrons. The molecule has 0 saturated carbocycles. The first-order valence-electron chi connectivity index (χ1n) is 4.34. The second-order valence-electron chi connectivity index (χ2n) is 3.08. The van der Waals surface area contributed by atoms with Crippen molar-refractivity contribution >= 4 is 5.97 Å². The van der Waals surface area contributed by atoms with Crippen molar-refractivity contribution in [3.05, 3.63) is 0 Å². The molecule has 1 heterocycles. The maximum atomic E-state index is 11.2. The summed E-state index contributed by atoms with van der Waals surface area (Å²) in [6.07, 6.45) is 1.54. The van der Waals surface area contributed by atoms with Crippen molar-refractivity contribution in [2.45, 2.75) is 12.8 Å². The van der Waals surface area contributed by atoms with Gasteiger partial charge in [0.1, 0.15) is 5.92 Å². The van der Waals surface area contributed by atoms with Gasteiger partial charge in [0.2, 0.25) is 0 Å². The third kappa shape index (κ3) is 2.43. The Hall–Kier alpha value is -1.08. The third-order valence-corrected chi connectivity index (χ3v) is 2.33. The standard InChI is InChI=1S/C9H13NO3/c1-12-9(11)8(6-10)7-2-4-13-5-3-7/h7-8H,2-5H2,1H3. The van der Waals surface area contributed by atoms with Crippen LogP contribution in [0.1, 0.15) is 12.8 Å². The number of methoxy groups -OCH3 is 1. The second-order valence-corrected chi connectivity index (χ2v) is 3.08. The Labute approximate surface area is 77.4 Å². The fraction of sp³-hybridized carbons (Fsp3) is 0.778. The molecule has 1 aliphatic rings. The molecule has 1 fully saturated rings. The Kier molecular flexibility index (Phi) is 3.71. The van der Waals surface area contributed by atoms with Crippen LogP contribution in [0.2, 0.25) is 0 Å². The van der Waals surface area contributed by atoms with Gasteiger partial charge in [0.25, 0.3) is 0 Å². The van der Waals surface area contributed by atoms with Crippen LogP contribution in [-0.2, 0) is 14.3 Å². The van der Waals surface area contributed by atoms with Gasteiger partial charge in [-0.3, -0.25) is 4.79 Å². The number of esters is 1. The van der Waals surface area contributed by atoms with Crippen LogP contribution in [0, 0.1) is 23.2 Å². The minimum absolute atomic E-state index is 0.103. The lowest BCUT2D eigenvalue weighted by molar-refractivity contribution is -0.146. The van der Waals surface area contributed by atoms with Crippen LogP contribution < -0.4 is 0 Å². The number of carbonyl (C=O) groups excluding carboxylic acids is 1. The Morgan fingerprint density at radius 1 is 1.62 bits per heavy atom. The largest absolute Gasteiger partial charge is 0.468 e. The van der Waals surface area contributed by atoms with E-state index in [9.17, 15) is 4.79 Å². The molecule has 4 nitrogen and oxygen atoms in total. The zero-order valence-corrected chi connectivity index (χ0v) is 7.66. The molecule has 0 bridgehead atoms. The predicted molar refractivity (Wildman–Crippen MR) is 44.7 cm³/mol. The van der Waals surface area contributed by atoms with Gasteiger partial charge in [0, 0.05) is 13.2 Å². The lowest BCUT2D eigenvalue weighted by atomic mass is 9.87. The van der Waals surface area contributed by atoms with Gasteiger partial charge >= 0.3 is 5.97 Å². The molecule has 0 radical (unpaired) electrons. The minimum atomic E-state index is -0.617. The number of hydrogen-bond acceptors (Lipinski definition) is 4. The number of hydrogen-bond donors (Lipinski definition) is 0. The first-order chi connectivity index (χ1) is 6.29. The Bertz CT molecular complexity index is 215. The van der Waals surface area contributed by atoms with Gasteiger partial charge in [0.05, 0.1) is 13.2 Å². The second kappa shape index (κ2) is 4.83. The number of carbonyl (C=O) groups is 1. The van der Waals surface area contributed by atoms with Gasteiger partial charge in [-0.05, 0) is 18.8 Å². The van der Waals surface area contributed by atoms with E-state index in [0.717, 1.165) is 12.8 Å². The van der Waals surface area contributed by atoms with Crippen LogP contribution >= 0.6 is 0 Å². The summed E-state index contributed by atoms with van der Waals surface area (Å²) in [5, 5.41) is 8.79. The van der Waals surface area contributed by atoms with Crippen LogP contribution in [0.3, 0.4) is 0 Å². The Morgan fingerprint density at radius 3 is 2.69 bits per heavy atom. The van der Waals surface area contributed by atoms with Crippen molar-refractivity contribution in [1.82, 2.24) is 0 Å². The van der Waals surface area contributed by atoms with E-state index in [0.29, 0.717) is 13.2 Å². The molecule has 1 unspecified atom stereocenters. The molecule has 1 rings (SSSR count). The molecule has 13 heavy (non-hydrogen) atoms. The van der Waals surface area contributed by atoms with Crippen LogP contribution in [-0.4, -0.2) is 26.3 Å². The van der Waals surface area contributed by atoms with E-state index >= 15 is 0 Å². The molecule has 1 saturated heterocycles. The zero-order chi connectivity index (χ0) is 9.68. The molecule has 0 N–H and O–H groups in total. The van der Waals surface area contributed by atoms with Gasteiger partial charge in [0.15, 0.2) is 0 Å². The topological polar surface area (TPSA) is 59.3 Å². The molecular formula is C9H13NO3. The summed E-state index contributed by atoms with van der Waals surface area (Å²) in [4.78, 5) is 11.2. The first kappa shape index (κ1) is 10.0. The monoisotopic (exact) mass is 183 g/mol. The highest BCUT2D eigenvalue weighted by Crippen LogP contribution is 2.24. The number of nitriles is 1. The molecule has 0 aliphatic carbocycles. The smallest absolute Gasteiger partial charge is 0.323 e. The Balaban J connectivity index is 2.55. The van der Waals surface area contributed by atoms with Crippen molar-refractivity contribution in [3.63, 3.8) is 0 Å². The summed E-state index contributed by atoms with van der Waals surface area (Å²) in [6.45, 7) is 1.28. The molecule has 1 atom stereocenters. The Morgan fingerprint density at radius 2 is 2.23 bits per heavy atom. The summed E-state index contributed by atoms with van der Waals surface area (Å²) < 4.78 is 9.70. The van der Waals surface area contributed by atoms with E-state index in [2.05, 4.69) is 4.74 Å². The molecule has 0 aromatic rings. The molecule has 0 aromatic carbocycles. The van der Waals surface area contributed by atoms with Gasteiger partial charge < -0.3 is 9.47 Å². The van der Waals surface area contributed by atoms with E-state index < -0.39 is 11.9 Å².